The van der Waals surface area contributed by atoms with Gasteiger partial charge in [0.25, 0.3) is 0 Å². The van der Waals surface area contributed by atoms with Crippen LogP contribution in [-0.2, 0) is 4.94 Å². The normalized spacial score (nSPS) is 9.58. The van der Waals surface area contributed by atoms with Gasteiger partial charge >= 0.3 is 0 Å². The van der Waals surface area contributed by atoms with Crippen molar-refractivity contribution < 1.29 is 9.47 Å². The minimum Gasteiger partial charge on any atom is -0.294 e. The van der Waals surface area contributed by atoms with Crippen LogP contribution in [0.3, 0.4) is 0 Å². The Hall–Kier alpha value is -1.31. The molecule has 0 radical (unpaired) electrons. The highest BCUT2D eigenvalue weighted by molar-refractivity contribution is 5.61. The molecule has 0 spiro atoms. The van der Waals surface area contributed by atoms with Crippen LogP contribution in [-0.4, -0.2) is 0 Å². The van der Waals surface area contributed by atoms with Gasteiger partial charge in [-0.3, -0.25) is 4.94 Å². The molecule has 0 aliphatic heterocycles. The van der Waals surface area contributed by atoms with Gasteiger partial charge in [-0.05, 0) is 25.5 Å². The van der Waals surface area contributed by atoms with Crippen LogP contribution >= 0.6 is 0 Å². The third kappa shape index (κ3) is 1.64. The zero-order chi connectivity index (χ0) is 9.14. The van der Waals surface area contributed by atoms with E-state index >= 15 is 0 Å². The van der Waals surface area contributed by atoms with Crippen LogP contribution in [0.4, 0.5) is 4.53 Å². The van der Waals surface area contributed by atoms with Gasteiger partial charge in [-0.15, -0.1) is 0 Å². The summed E-state index contributed by atoms with van der Waals surface area (Å²) in [5, 5.41) is 0. The molecule has 64 valence electrons. The SMILES string of the molecule is C=C(OF)c1cc(C)ccc1C. The van der Waals surface area contributed by atoms with E-state index in [0.29, 0.717) is 0 Å². The maximum atomic E-state index is 11.8. The second-order valence-corrected chi connectivity index (χ2v) is 2.82. The first-order chi connectivity index (χ1) is 5.65. The Balaban J connectivity index is 3.13. The molecule has 1 aromatic carbocycles. The van der Waals surface area contributed by atoms with Crippen molar-refractivity contribution in [3.8, 4) is 0 Å². The van der Waals surface area contributed by atoms with Gasteiger partial charge in [-0.25, -0.2) is 0 Å². The van der Waals surface area contributed by atoms with E-state index < -0.39 is 0 Å². The lowest BCUT2D eigenvalue weighted by atomic mass is 10.0. The Morgan fingerprint density at radius 3 is 2.67 bits per heavy atom. The number of aryl methyl sites for hydroxylation is 2. The molecule has 1 rings (SSSR count). The number of rotatable bonds is 2. The van der Waals surface area contributed by atoms with Crippen LogP contribution in [0.5, 0.6) is 0 Å². The fraction of sp³-hybridized carbons (Fsp3) is 0.200. The second-order valence-electron chi connectivity index (χ2n) is 2.82. The van der Waals surface area contributed by atoms with E-state index in [9.17, 15) is 4.53 Å². The van der Waals surface area contributed by atoms with Crippen molar-refractivity contribution in [3.63, 3.8) is 0 Å². The number of hydrogen-bond donors (Lipinski definition) is 0. The first-order valence-electron chi connectivity index (χ1n) is 3.70. The molecule has 1 aromatic rings. The van der Waals surface area contributed by atoms with Crippen LogP contribution in [0, 0.1) is 13.8 Å². The predicted octanol–water partition coefficient (Wildman–Crippen LogP) is 3.18. The Morgan fingerprint density at radius 1 is 1.42 bits per heavy atom. The molecule has 0 fully saturated rings. The van der Waals surface area contributed by atoms with Crippen molar-refractivity contribution in [1.29, 1.82) is 0 Å². The maximum absolute atomic E-state index is 11.8. The highest BCUT2D eigenvalue weighted by Crippen LogP contribution is 2.19. The lowest BCUT2D eigenvalue weighted by molar-refractivity contribution is -0.0417. The van der Waals surface area contributed by atoms with E-state index in [1.54, 1.807) is 0 Å². The summed E-state index contributed by atoms with van der Waals surface area (Å²) in [6.45, 7) is 7.27. The topological polar surface area (TPSA) is 9.23 Å². The lowest BCUT2D eigenvalue weighted by Gasteiger charge is -2.04. The van der Waals surface area contributed by atoms with Crippen molar-refractivity contribution in [3.05, 3.63) is 41.5 Å². The minimum absolute atomic E-state index is 0.0659. The largest absolute Gasteiger partial charge is 0.294 e. The summed E-state index contributed by atoms with van der Waals surface area (Å²) >= 11 is 0. The molecule has 0 saturated carbocycles. The van der Waals surface area contributed by atoms with Crippen LogP contribution < -0.4 is 0 Å². The van der Waals surface area contributed by atoms with Crippen LogP contribution in [0.1, 0.15) is 16.7 Å². The average molecular weight is 166 g/mol. The van der Waals surface area contributed by atoms with Gasteiger partial charge in [0.15, 0.2) is 5.76 Å². The van der Waals surface area contributed by atoms with Gasteiger partial charge in [0.1, 0.15) is 0 Å². The van der Waals surface area contributed by atoms with Crippen molar-refractivity contribution >= 4 is 5.76 Å². The van der Waals surface area contributed by atoms with E-state index in [1.807, 2.05) is 32.0 Å². The molecule has 0 N–H and O–H groups in total. The molecular formula is C10H11FO. The van der Waals surface area contributed by atoms with Gasteiger partial charge in [0.05, 0.1) is 0 Å². The van der Waals surface area contributed by atoms with Gasteiger partial charge < -0.3 is 0 Å². The summed E-state index contributed by atoms with van der Waals surface area (Å²) in [5.41, 5.74) is 2.74. The average Bonchev–Trinajstić information content (AvgIpc) is 2.08. The van der Waals surface area contributed by atoms with Crippen LogP contribution in [0.25, 0.3) is 5.76 Å². The van der Waals surface area contributed by atoms with Gasteiger partial charge in [-0.2, -0.15) is 0 Å². The Labute approximate surface area is 71.4 Å². The lowest BCUT2D eigenvalue weighted by Crippen LogP contribution is -1.88. The summed E-state index contributed by atoms with van der Waals surface area (Å²) in [5.74, 6) is 0.0659. The molecule has 0 unspecified atom stereocenters. The van der Waals surface area contributed by atoms with E-state index in [1.165, 1.54) is 0 Å². The van der Waals surface area contributed by atoms with E-state index in [4.69, 9.17) is 0 Å². The monoisotopic (exact) mass is 166 g/mol. The summed E-state index contributed by atoms with van der Waals surface area (Å²) in [6, 6.07) is 5.72. The molecule has 0 bridgehead atoms. The first-order valence-corrected chi connectivity index (χ1v) is 3.70. The highest BCUT2D eigenvalue weighted by atomic mass is 19.3. The number of hydrogen-bond acceptors (Lipinski definition) is 1. The molecule has 0 aromatic heterocycles. The first kappa shape index (κ1) is 8.78. The third-order valence-electron chi connectivity index (χ3n) is 1.79. The Morgan fingerprint density at radius 2 is 2.08 bits per heavy atom. The third-order valence-corrected chi connectivity index (χ3v) is 1.79. The molecule has 2 heteroatoms. The standard InChI is InChI=1S/C10H11FO/c1-7-4-5-8(2)10(6-7)9(3)12-11/h4-6H,3H2,1-2H3. The zero-order valence-corrected chi connectivity index (χ0v) is 7.23. The highest BCUT2D eigenvalue weighted by Gasteiger charge is 2.04. The molecule has 1 nitrogen and oxygen atoms in total. The molecule has 0 amide bonds. The fourth-order valence-corrected chi connectivity index (χ4v) is 1.08. The Bertz CT molecular complexity index is 305. The predicted molar refractivity (Wildman–Crippen MR) is 47.1 cm³/mol. The number of halogens is 1. The molecule has 12 heavy (non-hydrogen) atoms. The summed E-state index contributed by atoms with van der Waals surface area (Å²) in [7, 11) is 0. The fourth-order valence-electron chi connectivity index (χ4n) is 1.08. The molecule has 0 aliphatic carbocycles. The van der Waals surface area contributed by atoms with Gasteiger partial charge in [-0.1, -0.05) is 24.3 Å². The van der Waals surface area contributed by atoms with E-state index in [-0.39, 0.29) is 5.76 Å². The molecule has 0 atom stereocenters. The van der Waals surface area contributed by atoms with Crippen molar-refractivity contribution in [2.24, 2.45) is 0 Å². The molecule has 0 saturated heterocycles. The van der Waals surface area contributed by atoms with E-state index in [2.05, 4.69) is 11.5 Å². The second kappa shape index (κ2) is 3.39. The van der Waals surface area contributed by atoms with Crippen LogP contribution in [0.2, 0.25) is 0 Å². The minimum atomic E-state index is 0.0659. The van der Waals surface area contributed by atoms with Gasteiger partial charge in [0.2, 0.25) is 0 Å². The Kier molecular flexibility index (Phi) is 2.48. The molecule has 0 heterocycles. The number of benzene rings is 1. The summed E-state index contributed by atoms with van der Waals surface area (Å²) < 4.78 is 11.8. The smallest absolute Gasteiger partial charge is 0.172 e. The summed E-state index contributed by atoms with van der Waals surface area (Å²) in [4.78, 5) is 3.58. The van der Waals surface area contributed by atoms with Crippen molar-refractivity contribution in [1.82, 2.24) is 0 Å². The van der Waals surface area contributed by atoms with Crippen molar-refractivity contribution in [2.45, 2.75) is 13.8 Å². The summed E-state index contributed by atoms with van der Waals surface area (Å²) in [6.07, 6.45) is 0. The van der Waals surface area contributed by atoms with Gasteiger partial charge in [0, 0.05) is 10.1 Å². The molecule has 0 aliphatic rings. The molecular weight excluding hydrogens is 155 g/mol. The maximum Gasteiger partial charge on any atom is 0.172 e. The quantitative estimate of drug-likeness (QED) is 0.613. The van der Waals surface area contributed by atoms with Crippen molar-refractivity contribution in [2.75, 3.05) is 0 Å². The zero-order valence-electron chi connectivity index (χ0n) is 7.23. The van der Waals surface area contributed by atoms with E-state index in [0.717, 1.165) is 16.7 Å². The van der Waals surface area contributed by atoms with Crippen LogP contribution in [0.15, 0.2) is 24.8 Å².